The van der Waals surface area contributed by atoms with Crippen LogP contribution >= 0.6 is 0 Å². The van der Waals surface area contributed by atoms with E-state index in [1.807, 2.05) is 27.7 Å². The number of hydrogen-bond acceptors (Lipinski definition) is 2. The summed E-state index contributed by atoms with van der Waals surface area (Å²) in [5, 5.41) is 8.79. The van der Waals surface area contributed by atoms with Crippen LogP contribution in [0.25, 0.3) is 0 Å². The first-order chi connectivity index (χ1) is 5.87. The zero-order valence-electron chi connectivity index (χ0n) is 8.70. The van der Waals surface area contributed by atoms with E-state index in [-0.39, 0.29) is 0 Å². The Morgan fingerprint density at radius 2 is 2.08 bits per heavy atom. The van der Waals surface area contributed by atoms with E-state index in [4.69, 9.17) is 9.84 Å². The van der Waals surface area contributed by atoms with Gasteiger partial charge in [0.1, 0.15) is 0 Å². The van der Waals surface area contributed by atoms with Gasteiger partial charge < -0.3 is 9.84 Å². The largest absolute Gasteiger partial charge is 0.479 e. The van der Waals surface area contributed by atoms with Crippen molar-refractivity contribution in [1.82, 2.24) is 0 Å². The van der Waals surface area contributed by atoms with Crippen molar-refractivity contribution in [3.05, 3.63) is 12.2 Å². The molecular weight excluding hydrogens is 168 g/mol. The number of carboxylic acids is 1. The molecule has 0 aliphatic heterocycles. The van der Waals surface area contributed by atoms with Crippen molar-refractivity contribution in [2.45, 2.75) is 45.8 Å². The Balaban J connectivity index is 4.27. The number of carboxylic acid groups (broad SMARTS) is 1. The van der Waals surface area contributed by atoms with Gasteiger partial charge in [0.2, 0.25) is 0 Å². The molecule has 0 rings (SSSR count). The maximum Gasteiger partial charge on any atom is 0.336 e. The van der Waals surface area contributed by atoms with Gasteiger partial charge in [-0.2, -0.15) is 0 Å². The average molecular weight is 186 g/mol. The number of rotatable bonds is 4. The van der Waals surface area contributed by atoms with Gasteiger partial charge >= 0.3 is 5.97 Å². The Hall–Kier alpha value is -0.830. The molecule has 0 saturated carbocycles. The number of aliphatic carboxylic acids is 1. The van der Waals surface area contributed by atoms with Crippen molar-refractivity contribution in [2.24, 2.45) is 0 Å². The summed E-state index contributed by atoms with van der Waals surface area (Å²) in [4.78, 5) is 10.7. The molecule has 0 radical (unpaired) electrons. The Labute approximate surface area is 79.4 Å². The minimum atomic E-state index is -0.945. The fraction of sp³-hybridized carbons (Fsp3) is 0.700. The van der Waals surface area contributed by atoms with Gasteiger partial charge in [-0.1, -0.05) is 13.0 Å². The summed E-state index contributed by atoms with van der Waals surface area (Å²) in [5.74, 6) is -0.945. The number of hydrogen-bond donors (Lipinski definition) is 1. The van der Waals surface area contributed by atoms with E-state index in [1.165, 1.54) is 0 Å². The minimum Gasteiger partial charge on any atom is -0.479 e. The molecule has 1 atom stereocenters. The molecule has 0 aromatic carbocycles. The normalized spacial score (nSPS) is 14.8. The summed E-state index contributed by atoms with van der Waals surface area (Å²) < 4.78 is 5.31. The maximum absolute atomic E-state index is 10.7. The van der Waals surface area contributed by atoms with Crippen molar-refractivity contribution in [3.8, 4) is 0 Å². The predicted molar refractivity (Wildman–Crippen MR) is 51.7 cm³/mol. The lowest BCUT2D eigenvalue weighted by Gasteiger charge is -2.22. The molecule has 0 aliphatic rings. The van der Waals surface area contributed by atoms with Crippen LogP contribution in [0, 0.1) is 0 Å². The zero-order valence-corrected chi connectivity index (χ0v) is 8.70. The Kier molecular flexibility index (Phi) is 4.70. The fourth-order valence-corrected chi connectivity index (χ4v) is 0.813. The smallest absolute Gasteiger partial charge is 0.336 e. The lowest BCUT2D eigenvalue weighted by atomic mass is 10.1. The van der Waals surface area contributed by atoms with E-state index in [0.29, 0.717) is 0 Å². The first kappa shape index (κ1) is 12.2. The summed E-state index contributed by atoms with van der Waals surface area (Å²) in [6, 6.07) is 0. The van der Waals surface area contributed by atoms with E-state index in [2.05, 4.69) is 0 Å². The van der Waals surface area contributed by atoms with Gasteiger partial charge in [0.25, 0.3) is 0 Å². The second kappa shape index (κ2) is 5.02. The molecular formula is C10H18O3. The highest BCUT2D eigenvalue weighted by molar-refractivity contribution is 5.74. The van der Waals surface area contributed by atoms with Crippen molar-refractivity contribution in [1.29, 1.82) is 0 Å². The molecule has 0 heterocycles. The van der Waals surface area contributed by atoms with Crippen LogP contribution in [0.3, 0.4) is 0 Å². The average Bonchev–Trinajstić information content (AvgIpc) is 1.95. The van der Waals surface area contributed by atoms with Crippen LogP contribution in [-0.4, -0.2) is 22.8 Å². The maximum atomic E-state index is 10.7. The number of ether oxygens (including phenoxy) is 1. The molecule has 0 saturated heterocycles. The van der Waals surface area contributed by atoms with Crippen molar-refractivity contribution in [3.63, 3.8) is 0 Å². The van der Waals surface area contributed by atoms with Crippen LogP contribution in [0.1, 0.15) is 34.1 Å². The Morgan fingerprint density at radius 3 is 2.38 bits per heavy atom. The molecule has 3 nitrogen and oxygen atoms in total. The summed E-state index contributed by atoms with van der Waals surface area (Å²) >= 11 is 0. The predicted octanol–water partition coefficient (Wildman–Crippen LogP) is 2.22. The number of allylic oxidation sites excluding steroid dienone is 1. The van der Waals surface area contributed by atoms with Crippen LogP contribution in [-0.2, 0) is 9.53 Å². The van der Waals surface area contributed by atoms with Crippen LogP contribution in [0.15, 0.2) is 12.2 Å². The summed E-state index contributed by atoms with van der Waals surface area (Å²) in [5.41, 5.74) is -0.429. The molecule has 13 heavy (non-hydrogen) atoms. The third-order valence-corrected chi connectivity index (χ3v) is 1.27. The molecule has 1 unspecified atom stereocenters. The quantitative estimate of drug-likeness (QED) is 0.685. The van der Waals surface area contributed by atoms with E-state index < -0.39 is 17.7 Å². The fourth-order valence-electron chi connectivity index (χ4n) is 0.813. The second-order valence-electron chi connectivity index (χ2n) is 3.83. The third kappa shape index (κ3) is 6.34. The van der Waals surface area contributed by atoms with Gasteiger partial charge in [0.05, 0.1) is 5.60 Å². The van der Waals surface area contributed by atoms with Crippen LogP contribution in [0.5, 0.6) is 0 Å². The van der Waals surface area contributed by atoms with Gasteiger partial charge in [-0.25, -0.2) is 4.79 Å². The van der Waals surface area contributed by atoms with Gasteiger partial charge in [0, 0.05) is 0 Å². The minimum absolute atomic E-state index is 0.429. The zero-order chi connectivity index (χ0) is 10.5. The highest BCUT2D eigenvalue weighted by Crippen LogP contribution is 2.12. The number of carbonyl (C=O) groups is 1. The second-order valence-corrected chi connectivity index (χ2v) is 3.83. The first-order valence-electron chi connectivity index (χ1n) is 4.44. The lowest BCUT2D eigenvalue weighted by molar-refractivity contribution is -0.154. The molecule has 0 aliphatic carbocycles. The van der Waals surface area contributed by atoms with Crippen molar-refractivity contribution in [2.75, 3.05) is 0 Å². The topological polar surface area (TPSA) is 46.5 Å². The molecule has 76 valence electrons. The van der Waals surface area contributed by atoms with Crippen LogP contribution in [0.2, 0.25) is 0 Å². The highest BCUT2D eigenvalue weighted by atomic mass is 16.5. The molecule has 0 spiro atoms. The standard InChI is InChI=1S/C10H18O3/c1-5-6-7-8(9(11)12)13-10(2,3)4/h6-8H,5H2,1-4H3,(H,11,12)/b7-6+. The summed E-state index contributed by atoms with van der Waals surface area (Å²) in [6.45, 7) is 7.46. The van der Waals surface area contributed by atoms with Crippen molar-refractivity contribution >= 4 is 5.97 Å². The Bertz CT molecular complexity index is 189. The summed E-state index contributed by atoms with van der Waals surface area (Å²) in [7, 11) is 0. The monoisotopic (exact) mass is 186 g/mol. The van der Waals surface area contributed by atoms with E-state index in [0.717, 1.165) is 6.42 Å². The molecule has 0 aromatic heterocycles. The van der Waals surface area contributed by atoms with Crippen LogP contribution in [0.4, 0.5) is 0 Å². The van der Waals surface area contributed by atoms with E-state index in [9.17, 15) is 4.79 Å². The lowest BCUT2D eigenvalue weighted by Crippen LogP contribution is -2.31. The van der Waals surface area contributed by atoms with E-state index in [1.54, 1.807) is 12.2 Å². The molecule has 0 aromatic rings. The molecule has 0 fully saturated rings. The van der Waals surface area contributed by atoms with E-state index >= 15 is 0 Å². The third-order valence-electron chi connectivity index (χ3n) is 1.27. The summed E-state index contributed by atoms with van der Waals surface area (Å²) in [6.07, 6.45) is 3.36. The molecule has 0 bridgehead atoms. The van der Waals surface area contributed by atoms with Gasteiger partial charge in [-0.05, 0) is 33.3 Å². The van der Waals surface area contributed by atoms with Crippen LogP contribution < -0.4 is 0 Å². The highest BCUT2D eigenvalue weighted by Gasteiger charge is 2.21. The molecule has 1 N–H and O–H groups in total. The SMILES string of the molecule is CC/C=C/C(OC(C)(C)C)C(=O)O. The molecule has 0 amide bonds. The van der Waals surface area contributed by atoms with Gasteiger partial charge in [-0.3, -0.25) is 0 Å². The Morgan fingerprint density at radius 1 is 1.54 bits per heavy atom. The first-order valence-corrected chi connectivity index (χ1v) is 4.44. The van der Waals surface area contributed by atoms with Gasteiger partial charge in [-0.15, -0.1) is 0 Å². The van der Waals surface area contributed by atoms with Gasteiger partial charge in [0.15, 0.2) is 6.10 Å². The van der Waals surface area contributed by atoms with Crippen molar-refractivity contribution < 1.29 is 14.6 Å². The molecule has 3 heteroatoms.